The largest absolute Gasteiger partial charge is 0.480 e. The molecule has 0 amide bonds. The first-order valence-electron chi connectivity index (χ1n) is 7.14. The molecule has 5 nitrogen and oxygen atoms in total. The number of nitrogens with two attached hydrogens (primary N) is 1. The summed E-state index contributed by atoms with van der Waals surface area (Å²) in [5, 5.41) is 28.1. The molecule has 19 heavy (non-hydrogen) atoms. The number of rotatable bonds is 6. The lowest BCUT2D eigenvalue weighted by atomic mass is 9.71. The Morgan fingerprint density at radius 2 is 1.89 bits per heavy atom. The van der Waals surface area contributed by atoms with Crippen LogP contribution in [0.5, 0.6) is 0 Å². The van der Waals surface area contributed by atoms with Gasteiger partial charge in [-0.05, 0) is 30.6 Å². The Bertz CT molecular complexity index is 300. The fourth-order valence-electron chi connectivity index (χ4n) is 3.24. The highest BCUT2D eigenvalue weighted by atomic mass is 16.4. The highest BCUT2D eigenvalue weighted by Crippen LogP contribution is 2.37. The van der Waals surface area contributed by atoms with Crippen molar-refractivity contribution in [3.63, 3.8) is 0 Å². The van der Waals surface area contributed by atoms with Gasteiger partial charge in [0.2, 0.25) is 0 Å². The summed E-state index contributed by atoms with van der Waals surface area (Å²) < 4.78 is 0. The molecule has 1 fully saturated rings. The third-order valence-corrected chi connectivity index (χ3v) is 4.81. The van der Waals surface area contributed by atoms with Gasteiger partial charge in [0.1, 0.15) is 0 Å². The Kier molecular flexibility index (Phi) is 5.77. The zero-order chi connectivity index (χ0) is 14.6. The van der Waals surface area contributed by atoms with Crippen LogP contribution in [0.1, 0.15) is 46.0 Å². The Morgan fingerprint density at radius 1 is 1.37 bits per heavy atom. The molecular weight excluding hydrogens is 246 g/mol. The average Bonchev–Trinajstić information content (AvgIpc) is 2.36. The Balaban J connectivity index is 2.57. The fourth-order valence-corrected chi connectivity index (χ4v) is 3.24. The van der Waals surface area contributed by atoms with E-state index in [-0.39, 0.29) is 0 Å². The molecule has 0 aliphatic heterocycles. The molecule has 5 N–H and O–H groups in total. The molecule has 4 unspecified atom stereocenters. The van der Waals surface area contributed by atoms with E-state index in [1.54, 1.807) is 0 Å². The molecule has 1 saturated carbocycles. The molecule has 0 bridgehead atoms. The van der Waals surface area contributed by atoms with Crippen molar-refractivity contribution in [1.82, 2.24) is 0 Å². The second-order valence-electron chi connectivity index (χ2n) is 6.15. The maximum Gasteiger partial charge on any atom is 0.328 e. The van der Waals surface area contributed by atoms with Crippen molar-refractivity contribution < 1.29 is 20.1 Å². The van der Waals surface area contributed by atoms with Gasteiger partial charge in [0.15, 0.2) is 5.54 Å². The van der Waals surface area contributed by atoms with Gasteiger partial charge in [0.25, 0.3) is 0 Å². The van der Waals surface area contributed by atoms with E-state index in [1.165, 1.54) is 19.3 Å². The van der Waals surface area contributed by atoms with Crippen LogP contribution in [-0.4, -0.2) is 39.5 Å². The van der Waals surface area contributed by atoms with Gasteiger partial charge in [-0.25, -0.2) is 0 Å². The summed E-state index contributed by atoms with van der Waals surface area (Å²) in [5.41, 5.74) is 3.63. The fraction of sp³-hybridized carbons (Fsp3) is 0.929. The number of aliphatic hydroxyl groups excluding tert-OH is 2. The molecule has 4 atom stereocenters. The van der Waals surface area contributed by atoms with Crippen molar-refractivity contribution >= 4 is 5.97 Å². The first-order chi connectivity index (χ1) is 8.82. The molecule has 0 spiro atoms. The van der Waals surface area contributed by atoms with Gasteiger partial charge in [-0.3, -0.25) is 4.79 Å². The number of hydrogen-bond donors (Lipinski definition) is 4. The van der Waals surface area contributed by atoms with Crippen LogP contribution < -0.4 is 5.73 Å². The van der Waals surface area contributed by atoms with E-state index in [1.807, 2.05) is 0 Å². The number of carbonyl (C=O) groups is 1. The molecule has 5 heteroatoms. The minimum absolute atomic E-state index is 0.322. The highest BCUT2D eigenvalue weighted by Gasteiger charge is 2.41. The van der Waals surface area contributed by atoms with E-state index < -0.39 is 24.2 Å². The average molecular weight is 273 g/mol. The lowest BCUT2D eigenvalue weighted by Crippen LogP contribution is -2.60. The molecule has 0 aromatic carbocycles. The molecule has 1 aliphatic carbocycles. The van der Waals surface area contributed by atoms with E-state index >= 15 is 0 Å². The number of carboxylic acid groups (broad SMARTS) is 1. The van der Waals surface area contributed by atoms with Gasteiger partial charge in [-0.15, -0.1) is 0 Å². The van der Waals surface area contributed by atoms with E-state index in [2.05, 4.69) is 13.8 Å². The van der Waals surface area contributed by atoms with Gasteiger partial charge in [0.05, 0.1) is 12.7 Å². The van der Waals surface area contributed by atoms with Gasteiger partial charge in [-0.2, -0.15) is 0 Å². The van der Waals surface area contributed by atoms with Gasteiger partial charge >= 0.3 is 5.97 Å². The summed E-state index contributed by atoms with van der Waals surface area (Å²) in [4.78, 5) is 11.0. The first-order valence-corrected chi connectivity index (χ1v) is 7.14. The predicted octanol–water partition coefficient (Wildman–Crippen LogP) is 0.974. The lowest BCUT2D eigenvalue weighted by Gasteiger charge is -2.36. The lowest BCUT2D eigenvalue weighted by molar-refractivity contribution is -0.150. The highest BCUT2D eigenvalue weighted by molar-refractivity contribution is 5.79. The Labute approximate surface area is 114 Å². The summed E-state index contributed by atoms with van der Waals surface area (Å²) in [5.74, 6) is 0.344. The molecule has 0 saturated heterocycles. The van der Waals surface area contributed by atoms with Crippen molar-refractivity contribution in [2.24, 2.45) is 23.5 Å². The van der Waals surface area contributed by atoms with Crippen molar-refractivity contribution in [2.45, 2.75) is 57.6 Å². The molecule has 0 aromatic rings. The van der Waals surface area contributed by atoms with E-state index in [0.29, 0.717) is 24.2 Å². The van der Waals surface area contributed by atoms with Crippen LogP contribution in [0, 0.1) is 17.8 Å². The Hall–Kier alpha value is -0.650. The monoisotopic (exact) mass is 273 g/mol. The number of aliphatic hydroxyl groups is 2. The van der Waals surface area contributed by atoms with Crippen molar-refractivity contribution in [1.29, 1.82) is 0 Å². The smallest absolute Gasteiger partial charge is 0.328 e. The van der Waals surface area contributed by atoms with E-state index in [4.69, 9.17) is 15.9 Å². The molecule has 0 heterocycles. The number of hydrogen-bond acceptors (Lipinski definition) is 4. The minimum Gasteiger partial charge on any atom is -0.480 e. The summed E-state index contributed by atoms with van der Waals surface area (Å²) in [6, 6.07) is 0. The second kappa shape index (κ2) is 6.68. The second-order valence-corrected chi connectivity index (χ2v) is 6.15. The normalized spacial score (nSPS) is 32.6. The summed E-state index contributed by atoms with van der Waals surface area (Å²) in [7, 11) is 0. The summed E-state index contributed by atoms with van der Waals surface area (Å²) in [6.45, 7) is 3.68. The SMILES string of the molecule is CC1CCCC(C)C1CCC(O)C(N)(CO)C(=O)O. The van der Waals surface area contributed by atoms with Crippen molar-refractivity contribution in [2.75, 3.05) is 6.61 Å². The molecule has 1 rings (SSSR count). The number of aliphatic carboxylic acids is 1. The molecule has 0 radical (unpaired) electrons. The third-order valence-electron chi connectivity index (χ3n) is 4.81. The van der Waals surface area contributed by atoms with Crippen molar-refractivity contribution in [3.05, 3.63) is 0 Å². The maximum absolute atomic E-state index is 11.0. The van der Waals surface area contributed by atoms with Crippen LogP contribution in [0.3, 0.4) is 0 Å². The minimum atomic E-state index is -1.94. The molecule has 1 aliphatic rings. The zero-order valence-corrected chi connectivity index (χ0v) is 11.9. The van der Waals surface area contributed by atoms with Gasteiger partial charge < -0.3 is 21.1 Å². The maximum atomic E-state index is 11.0. The molecular formula is C14H27NO4. The van der Waals surface area contributed by atoms with Crippen molar-refractivity contribution in [3.8, 4) is 0 Å². The summed E-state index contributed by atoms with van der Waals surface area (Å²) in [6.07, 6.45) is 3.50. The van der Waals surface area contributed by atoms with Crippen LogP contribution in [0.2, 0.25) is 0 Å². The quantitative estimate of drug-likeness (QED) is 0.577. The molecule has 0 aromatic heterocycles. The van der Waals surface area contributed by atoms with E-state index in [0.717, 1.165) is 6.42 Å². The van der Waals surface area contributed by atoms with Gasteiger partial charge in [0, 0.05) is 0 Å². The third kappa shape index (κ3) is 3.68. The number of carboxylic acids is 1. The topological polar surface area (TPSA) is 104 Å². The van der Waals surface area contributed by atoms with Crippen LogP contribution in [-0.2, 0) is 4.79 Å². The predicted molar refractivity (Wildman–Crippen MR) is 72.5 cm³/mol. The van der Waals surface area contributed by atoms with Gasteiger partial charge in [-0.1, -0.05) is 33.1 Å². The first kappa shape index (κ1) is 16.4. The Morgan fingerprint density at radius 3 is 2.32 bits per heavy atom. The summed E-state index contributed by atoms with van der Waals surface area (Å²) >= 11 is 0. The van der Waals surface area contributed by atoms with Crippen LogP contribution in [0.25, 0.3) is 0 Å². The molecule has 112 valence electrons. The van der Waals surface area contributed by atoms with Crippen LogP contribution in [0.15, 0.2) is 0 Å². The van der Waals surface area contributed by atoms with Crippen LogP contribution >= 0.6 is 0 Å². The van der Waals surface area contributed by atoms with E-state index in [9.17, 15) is 9.90 Å². The van der Waals surface area contributed by atoms with Crippen LogP contribution in [0.4, 0.5) is 0 Å². The standard InChI is InChI=1S/C14H27NO4/c1-9-4-3-5-10(2)11(9)6-7-12(17)14(15,8-16)13(18)19/h9-12,16-17H,3-8,15H2,1-2H3,(H,18,19). The zero-order valence-electron chi connectivity index (χ0n) is 11.9.